The molecule has 0 aliphatic heterocycles. The molecule has 0 saturated heterocycles. The van der Waals surface area contributed by atoms with Crippen LogP contribution in [0.4, 0.5) is 4.79 Å². The topological polar surface area (TPSA) is 113 Å². The summed E-state index contributed by atoms with van der Waals surface area (Å²) in [5.74, 6) is -0.0863. The maximum atomic E-state index is 12.6. The molecule has 3 N–H and O–H groups in total. The van der Waals surface area contributed by atoms with Crippen LogP contribution in [-0.4, -0.2) is 40.9 Å². The van der Waals surface area contributed by atoms with Crippen LogP contribution in [0.15, 0.2) is 43.1 Å². The van der Waals surface area contributed by atoms with E-state index in [9.17, 15) is 14.4 Å². The van der Waals surface area contributed by atoms with Crippen LogP contribution in [-0.2, 0) is 20.7 Å². The van der Waals surface area contributed by atoms with Crippen molar-refractivity contribution in [3.63, 3.8) is 0 Å². The number of nitrogens with one attached hydrogen (secondary N) is 3. The van der Waals surface area contributed by atoms with Crippen molar-refractivity contribution in [3.05, 3.63) is 54.5 Å². The number of alkyl carbamates (subject to hydrolysis) is 1. The van der Waals surface area contributed by atoms with Gasteiger partial charge >= 0.3 is 6.09 Å². The van der Waals surface area contributed by atoms with E-state index in [0.29, 0.717) is 12.2 Å². The monoisotopic (exact) mass is 412 g/mol. The van der Waals surface area contributed by atoms with Crippen LogP contribution in [0.3, 0.4) is 0 Å². The summed E-state index contributed by atoms with van der Waals surface area (Å²) in [7, 11) is 1.20. The fourth-order valence-corrected chi connectivity index (χ4v) is 2.85. The number of H-pyrrole nitrogens is 1. The molecule has 1 aromatic carbocycles. The molecular weight excluding hydrogens is 384 g/mol. The van der Waals surface area contributed by atoms with E-state index in [4.69, 9.17) is 0 Å². The lowest BCUT2D eigenvalue weighted by Gasteiger charge is -2.20. The van der Waals surface area contributed by atoms with Gasteiger partial charge in [0.1, 0.15) is 17.6 Å². The predicted molar refractivity (Wildman–Crippen MR) is 114 cm³/mol. The number of benzene rings is 1. The quantitative estimate of drug-likeness (QED) is 0.519. The molecule has 0 bridgehead atoms. The Balaban J connectivity index is 2.22. The first-order valence-corrected chi connectivity index (χ1v) is 9.85. The van der Waals surface area contributed by atoms with E-state index in [2.05, 4.69) is 38.8 Å². The van der Waals surface area contributed by atoms with Crippen molar-refractivity contribution >= 4 is 17.8 Å². The highest BCUT2D eigenvalue weighted by Gasteiger charge is 2.25. The maximum Gasteiger partial charge on any atom is 0.407 e. The Labute approximate surface area is 176 Å². The molecule has 30 heavy (non-hydrogen) atoms. The van der Waals surface area contributed by atoms with E-state index < -0.39 is 24.1 Å². The minimum atomic E-state index is -1.01. The van der Waals surface area contributed by atoms with Crippen LogP contribution in [0.1, 0.15) is 44.1 Å². The van der Waals surface area contributed by atoms with Crippen molar-refractivity contribution in [2.75, 3.05) is 7.11 Å². The largest absolute Gasteiger partial charge is 0.453 e. The predicted octanol–water partition coefficient (Wildman–Crippen LogP) is 3.08. The van der Waals surface area contributed by atoms with Crippen molar-refractivity contribution in [1.82, 2.24) is 20.6 Å². The maximum absolute atomic E-state index is 12.6. The third kappa shape index (κ3) is 6.04. The standard InChI is InChI=1S/C22H28N4O4/c1-5-14-8-10-15(11-9-14)19-13-23-20(24-19)18(12-16(27)6-2)25-21(28)17(7-3)26-22(29)30-4/h7-11,13,17-18H,3,5-6,12H2,1-2,4H3,(H,23,24)(H,25,28)(H,26,29)/t17-,18-/m0/s1. The van der Waals surface area contributed by atoms with Gasteiger partial charge in [0.05, 0.1) is 25.0 Å². The minimum Gasteiger partial charge on any atom is -0.453 e. The average molecular weight is 412 g/mol. The summed E-state index contributed by atoms with van der Waals surface area (Å²) in [5, 5.41) is 5.14. The molecule has 2 amide bonds. The van der Waals surface area contributed by atoms with E-state index >= 15 is 0 Å². The highest BCUT2D eigenvalue weighted by molar-refractivity contribution is 5.88. The van der Waals surface area contributed by atoms with Crippen LogP contribution >= 0.6 is 0 Å². The third-order valence-corrected chi connectivity index (χ3v) is 4.72. The first kappa shape index (κ1) is 22.9. The van der Waals surface area contributed by atoms with Crippen LogP contribution < -0.4 is 10.6 Å². The number of hydrogen-bond acceptors (Lipinski definition) is 5. The number of ether oxygens (including phenoxy) is 1. The van der Waals surface area contributed by atoms with Crippen molar-refractivity contribution in [2.45, 2.75) is 45.2 Å². The number of imidazole rings is 1. The molecule has 0 radical (unpaired) electrons. The van der Waals surface area contributed by atoms with E-state index in [-0.39, 0.29) is 12.2 Å². The van der Waals surface area contributed by atoms with Crippen molar-refractivity contribution in [3.8, 4) is 11.3 Å². The van der Waals surface area contributed by atoms with Crippen molar-refractivity contribution in [1.29, 1.82) is 0 Å². The number of rotatable bonds is 10. The Morgan fingerprint density at radius 1 is 1.20 bits per heavy atom. The van der Waals surface area contributed by atoms with E-state index in [0.717, 1.165) is 17.7 Å². The fraction of sp³-hybridized carbons (Fsp3) is 0.364. The molecule has 160 valence electrons. The molecule has 0 aliphatic rings. The lowest BCUT2D eigenvalue weighted by atomic mass is 10.1. The highest BCUT2D eigenvalue weighted by atomic mass is 16.5. The number of aromatic amines is 1. The molecule has 0 fully saturated rings. The zero-order chi connectivity index (χ0) is 22.1. The summed E-state index contributed by atoms with van der Waals surface area (Å²) >= 11 is 0. The lowest BCUT2D eigenvalue weighted by Crippen LogP contribution is -2.46. The van der Waals surface area contributed by atoms with Gasteiger partial charge < -0.3 is 20.4 Å². The minimum absolute atomic E-state index is 0.0263. The Kier molecular flexibility index (Phi) is 8.34. The molecule has 2 atom stereocenters. The Bertz CT molecular complexity index is 889. The molecule has 0 unspecified atom stereocenters. The number of hydrogen-bond donors (Lipinski definition) is 3. The Morgan fingerprint density at radius 2 is 1.90 bits per heavy atom. The van der Waals surface area contributed by atoms with E-state index in [1.54, 1.807) is 13.1 Å². The van der Waals surface area contributed by atoms with Gasteiger partial charge in [-0.15, -0.1) is 6.58 Å². The molecule has 2 rings (SSSR count). The fourth-order valence-electron chi connectivity index (χ4n) is 2.85. The Hall–Kier alpha value is -3.42. The number of aromatic nitrogens is 2. The van der Waals surface area contributed by atoms with Gasteiger partial charge in [0, 0.05) is 12.8 Å². The van der Waals surface area contributed by atoms with E-state index in [1.807, 2.05) is 24.3 Å². The molecule has 1 aromatic heterocycles. The van der Waals surface area contributed by atoms with Crippen LogP contribution in [0, 0.1) is 0 Å². The third-order valence-electron chi connectivity index (χ3n) is 4.72. The summed E-state index contributed by atoms with van der Waals surface area (Å²) in [6, 6.07) is 6.40. The van der Waals surface area contributed by atoms with Crippen LogP contribution in [0.5, 0.6) is 0 Å². The molecule has 0 spiro atoms. The number of nitrogens with zero attached hydrogens (tertiary/aromatic N) is 1. The number of carbonyl (C=O) groups is 3. The van der Waals surface area contributed by atoms with Gasteiger partial charge in [0.2, 0.25) is 5.91 Å². The molecule has 0 aliphatic carbocycles. The zero-order valence-electron chi connectivity index (χ0n) is 17.5. The van der Waals surface area contributed by atoms with Crippen LogP contribution in [0.25, 0.3) is 11.3 Å². The first-order chi connectivity index (χ1) is 14.4. The van der Waals surface area contributed by atoms with Gasteiger partial charge in [-0.05, 0) is 17.5 Å². The summed E-state index contributed by atoms with van der Waals surface area (Å²) in [4.78, 5) is 43.7. The van der Waals surface area contributed by atoms with Gasteiger partial charge in [0.25, 0.3) is 0 Å². The molecule has 0 saturated carbocycles. The van der Waals surface area contributed by atoms with Gasteiger partial charge in [-0.1, -0.05) is 44.2 Å². The molecule has 2 aromatic rings. The highest BCUT2D eigenvalue weighted by Crippen LogP contribution is 2.22. The van der Waals surface area contributed by atoms with Gasteiger partial charge in [-0.3, -0.25) is 9.59 Å². The molecular formula is C22H28N4O4. The van der Waals surface area contributed by atoms with Gasteiger partial charge in [-0.25, -0.2) is 9.78 Å². The smallest absolute Gasteiger partial charge is 0.407 e. The van der Waals surface area contributed by atoms with E-state index in [1.165, 1.54) is 18.7 Å². The second-order valence-corrected chi connectivity index (χ2v) is 6.74. The van der Waals surface area contributed by atoms with Crippen LogP contribution in [0.2, 0.25) is 0 Å². The number of amides is 2. The SMILES string of the molecule is C=C[C@H](NC(=O)OC)C(=O)N[C@@H](CC(=O)CC)c1ncc(-c2ccc(CC)cc2)[nH]1. The second-order valence-electron chi connectivity index (χ2n) is 6.74. The zero-order valence-corrected chi connectivity index (χ0v) is 17.5. The summed E-state index contributed by atoms with van der Waals surface area (Å²) in [6.07, 6.45) is 3.56. The number of Topliss-reactive ketones (excluding diaryl/α,β-unsaturated/α-hetero) is 1. The summed E-state index contributed by atoms with van der Waals surface area (Å²) in [6.45, 7) is 7.41. The molecule has 1 heterocycles. The van der Waals surface area contributed by atoms with Crippen molar-refractivity contribution < 1.29 is 19.1 Å². The number of ketones is 1. The normalized spacial score (nSPS) is 12.5. The van der Waals surface area contributed by atoms with Gasteiger partial charge in [-0.2, -0.15) is 0 Å². The lowest BCUT2D eigenvalue weighted by molar-refractivity contribution is -0.123. The molecule has 8 nitrogen and oxygen atoms in total. The Morgan fingerprint density at radius 3 is 2.47 bits per heavy atom. The number of methoxy groups -OCH3 is 1. The second kappa shape index (κ2) is 10.9. The first-order valence-electron chi connectivity index (χ1n) is 9.85. The average Bonchev–Trinajstić information content (AvgIpc) is 3.26. The van der Waals surface area contributed by atoms with Crippen molar-refractivity contribution in [2.24, 2.45) is 0 Å². The summed E-state index contributed by atoms with van der Waals surface area (Å²) in [5.41, 5.74) is 2.96. The van der Waals surface area contributed by atoms with Gasteiger partial charge in [0.15, 0.2) is 0 Å². The number of carbonyl (C=O) groups excluding carboxylic acids is 3. The molecule has 8 heteroatoms. The number of aryl methyl sites for hydroxylation is 1. The summed E-state index contributed by atoms with van der Waals surface area (Å²) < 4.78 is 4.52.